The SMILES string of the molecule is O=CNc1cccc2[nH]c(-c3ccc[nH]3)nc12. The minimum absolute atomic E-state index is 0.651. The number of para-hydroxylation sites is 1. The summed E-state index contributed by atoms with van der Waals surface area (Å²) in [4.78, 5) is 21.2. The molecule has 2 heterocycles. The highest BCUT2D eigenvalue weighted by Crippen LogP contribution is 2.24. The van der Waals surface area contributed by atoms with Crippen molar-refractivity contribution in [3.05, 3.63) is 36.5 Å². The summed E-state index contributed by atoms with van der Waals surface area (Å²) in [6.07, 6.45) is 2.49. The molecule has 0 radical (unpaired) electrons. The van der Waals surface area contributed by atoms with Gasteiger partial charge in [0, 0.05) is 6.20 Å². The second kappa shape index (κ2) is 3.79. The average Bonchev–Trinajstić information content (AvgIpc) is 2.98. The van der Waals surface area contributed by atoms with E-state index in [4.69, 9.17) is 0 Å². The number of carbonyl (C=O) groups excluding carboxylic acids is 1. The molecular formula is C12H10N4O. The van der Waals surface area contributed by atoms with Gasteiger partial charge in [0.05, 0.1) is 16.9 Å². The maximum absolute atomic E-state index is 10.5. The summed E-state index contributed by atoms with van der Waals surface area (Å²) in [6, 6.07) is 9.45. The summed E-state index contributed by atoms with van der Waals surface area (Å²) in [5.74, 6) is 0.755. The molecule has 3 N–H and O–H groups in total. The molecule has 0 saturated heterocycles. The van der Waals surface area contributed by atoms with Crippen LogP contribution in [-0.2, 0) is 4.79 Å². The van der Waals surface area contributed by atoms with Gasteiger partial charge >= 0.3 is 0 Å². The highest BCUT2D eigenvalue weighted by atomic mass is 16.1. The third kappa shape index (κ3) is 1.57. The van der Waals surface area contributed by atoms with Gasteiger partial charge in [0.1, 0.15) is 5.52 Å². The van der Waals surface area contributed by atoms with Gasteiger partial charge in [0.15, 0.2) is 5.82 Å². The van der Waals surface area contributed by atoms with Crippen LogP contribution in [0, 0.1) is 0 Å². The lowest BCUT2D eigenvalue weighted by atomic mass is 10.3. The van der Waals surface area contributed by atoms with E-state index in [9.17, 15) is 4.79 Å². The van der Waals surface area contributed by atoms with Gasteiger partial charge in [-0.15, -0.1) is 0 Å². The lowest BCUT2D eigenvalue weighted by Crippen LogP contribution is -1.93. The van der Waals surface area contributed by atoms with Gasteiger partial charge in [-0.1, -0.05) is 6.07 Å². The Morgan fingerprint density at radius 2 is 2.18 bits per heavy atom. The number of carbonyl (C=O) groups is 1. The third-order valence-corrected chi connectivity index (χ3v) is 2.58. The van der Waals surface area contributed by atoms with Crippen LogP contribution in [0.2, 0.25) is 0 Å². The van der Waals surface area contributed by atoms with Gasteiger partial charge in [-0.25, -0.2) is 4.98 Å². The van der Waals surface area contributed by atoms with Crippen molar-refractivity contribution in [3.8, 4) is 11.5 Å². The van der Waals surface area contributed by atoms with Crippen LogP contribution in [0.1, 0.15) is 0 Å². The fourth-order valence-corrected chi connectivity index (χ4v) is 1.82. The molecule has 3 rings (SSSR count). The third-order valence-electron chi connectivity index (χ3n) is 2.58. The molecule has 0 bridgehead atoms. The van der Waals surface area contributed by atoms with Crippen molar-refractivity contribution in [2.45, 2.75) is 0 Å². The minimum atomic E-state index is 0.651. The molecule has 1 aromatic carbocycles. The molecule has 0 saturated carbocycles. The van der Waals surface area contributed by atoms with E-state index >= 15 is 0 Å². The number of nitrogens with zero attached hydrogens (tertiary/aromatic N) is 1. The van der Waals surface area contributed by atoms with Crippen LogP contribution >= 0.6 is 0 Å². The van der Waals surface area contributed by atoms with Gasteiger partial charge in [0.2, 0.25) is 6.41 Å². The van der Waals surface area contributed by atoms with Gasteiger partial charge in [0.25, 0.3) is 0 Å². The monoisotopic (exact) mass is 226 g/mol. The molecule has 0 spiro atoms. The van der Waals surface area contributed by atoms with Crippen molar-refractivity contribution < 1.29 is 4.79 Å². The standard InChI is InChI=1S/C12H10N4O/c17-7-14-8-3-1-4-9-11(8)16-12(15-9)10-5-2-6-13-10/h1-7,13H,(H,14,17)(H,15,16). The minimum Gasteiger partial charge on any atom is -0.359 e. The smallest absolute Gasteiger partial charge is 0.211 e. The number of imidazole rings is 1. The van der Waals surface area contributed by atoms with Crippen LogP contribution in [0.15, 0.2) is 36.5 Å². The van der Waals surface area contributed by atoms with E-state index in [0.717, 1.165) is 22.6 Å². The number of hydrogen-bond acceptors (Lipinski definition) is 2. The van der Waals surface area contributed by atoms with Crippen molar-refractivity contribution in [2.75, 3.05) is 5.32 Å². The Balaban J connectivity index is 2.18. The number of rotatable bonds is 3. The Bertz CT molecular complexity index is 654. The van der Waals surface area contributed by atoms with Crippen molar-refractivity contribution in [2.24, 2.45) is 0 Å². The Kier molecular flexibility index (Phi) is 2.15. The highest BCUT2D eigenvalue weighted by Gasteiger charge is 2.08. The zero-order valence-corrected chi connectivity index (χ0v) is 8.90. The maximum atomic E-state index is 10.5. The topological polar surface area (TPSA) is 73.6 Å². The summed E-state index contributed by atoms with van der Waals surface area (Å²) in [5.41, 5.74) is 3.26. The summed E-state index contributed by atoms with van der Waals surface area (Å²) in [5, 5.41) is 2.64. The van der Waals surface area contributed by atoms with E-state index < -0.39 is 0 Å². The van der Waals surface area contributed by atoms with Gasteiger partial charge in [-0.3, -0.25) is 4.79 Å². The predicted molar refractivity (Wildman–Crippen MR) is 65.6 cm³/mol. The molecule has 0 aliphatic heterocycles. The molecular weight excluding hydrogens is 216 g/mol. The van der Waals surface area contributed by atoms with Crippen LogP contribution in [0.3, 0.4) is 0 Å². The first kappa shape index (κ1) is 9.65. The normalized spacial score (nSPS) is 10.6. The van der Waals surface area contributed by atoms with Crippen molar-refractivity contribution in [1.29, 1.82) is 0 Å². The predicted octanol–water partition coefficient (Wildman–Crippen LogP) is 2.13. The first-order valence-corrected chi connectivity index (χ1v) is 5.21. The van der Waals surface area contributed by atoms with Crippen molar-refractivity contribution in [3.63, 3.8) is 0 Å². The second-order valence-electron chi connectivity index (χ2n) is 3.63. The van der Waals surface area contributed by atoms with E-state index in [1.807, 2.05) is 36.5 Å². The van der Waals surface area contributed by atoms with Crippen LogP contribution in [-0.4, -0.2) is 21.4 Å². The van der Waals surface area contributed by atoms with Crippen LogP contribution in [0.4, 0.5) is 5.69 Å². The fraction of sp³-hybridized carbons (Fsp3) is 0. The Morgan fingerprint density at radius 3 is 2.94 bits per heavy atom. The molecule has 5 nitrogen and oxygen atoms in total. The van der Waals surface area contributed by atoms with Gasteiger partial charge in [-0.05, 0) is 24.3 Å². The molecule has 0 aliphatic carbocycles. The first-order chi connectivity index (χ1) is 8.38. The molecule has 0 fully saturated rings. The van der Waals surface area contributed by atoms with Crippen LogP contribution < -0.4 is 5.32 Å². The molecule has 5 heteroatoms. The summed E-state index contributed by atoms with van der Waals surface area (Å²) < 4.78 is 0. The lowest BCUT2D eigenvalue weighted by molar-refractivity contribution is -0.105. The van der Waals surface area contributed by atoms with Crippen LogP contribution in [0.5, 0.6) is 0 Å². The van der Waals surface area contributed by atoms with Gasteiger partial charge in [-0.2, -0.15) is 0 Å². The Labute approximate surface area is 96.9 Å². The largest absolute Gasteiger partial charge is 0.359 e. The van der Waals surface area contributed by atoms with Crippen molar-refractivity contribution >= 4 is 23.1 Å². The first-order valence-electron chi connectivity index (χ1n) is 5.21. The molecule has 2 aromatic heterocycles. The lowest BCUT2D eigenvalue weighted by Gasteiger charge is -1.97. The van der Waals surface area contributed by atoms with Crippen LogP contribution in [0.25, 0.3) is 22.6 Å². The highest BCUT2D eigenvalue weighted by molar-refractivity contribution is 5.94. The zero-order valence-electron chi connectivity index (χ0n) is 8.90. The number of H-pyrrole nitrogens is 2. The second-order valence-corrected chi connectivity index (χ2v) is 3.63. The fourth-order valence-electron chi connectivity index (χ4n) is 1.82. The van der Waals surface area contributed by atoms with E-state index in [-0.39, 0.29) is 0 Å². The number of hydrogen-bond donors (Lipinski definition) is 3. The van der Waals surface area contributed by atoms with E-state index in [1.165, 1.54) is 0 Å². The van der Waals surface area contributed by atoms with E-state index in [0.29, 0.717) is 12.1 Å². The Morgan fingerprint density at radius 1 is 1.24 bits per heavy atom. The molecule has 3 aromatic rings. The summed E-state index contributed by atoms with van der Waals surface area (Å²) in [6.45, 7) is 0. The Hall–Kier alpha value is -2.56. The zero-order chi connectivity index (χ0) is 11.7. The number of fused-ring (bicyclic) bond motifs is 1. The van der Waals surface area contributed by atoms with E-state index in [2.05, 4.69) is 20.3 Å². The number of aromatic nitrogens is 3. The number of benzene rings is 1. The average molecular weight is 226 g/mol. The number of nitrogens with one attached hydrogen (secondary N) is 3. The molecule has 0 unspecified atom stereocenters. The molecule has 0 atom stereocenters. The molecule has 17 heavy (non-hydrogen) atoms. The van der Waals surface area contributed by atoms with E-state index in [1.54, 1.807) is 0 Å². The van der Waals surface area contributed by atoms with Gasteiger partial charge < -0.3 is 15.3 Å². The maximum Gasteiger partial charge on any atom is 0.211 e. The molecule has 0 aliphatic rings. The summed E-state index contributed by atoms with van der Waals surface area (Å²) >= 11 is 0. The summed E-state index contributed by atoms with van der Waals surface area (Å²) in [7, 11) is 0. The van der Waals surface area contributed by atoms with Crippen molar-refractivity contribution in [1.82, 2.24) is 15.0 Å². The number of amides is 1. The number of aromatic amines is 2. The molecule has 1 amide bonds. The number of anilines is 1. The quantitative estimate of drug-likeness (QED) is 0.598. The molecule has 84 valence electrons.